The molecule has 0 bridgehead atoms. The highest BCUT2D eigenvalue weighted by Crippen LogP contribution is 2.44. The maximum atomic E-state index is 12.3. The lowest BCUT2D eigenvalue weighted by Gasteiger charge is -2.15. The van der Waals surface area contributed by atoms with Gasteiger partial charge in [0.05, 0.1) is 39.3 Å². The first kappa shape index (κ1) is 23.5. The molecule has 0 fully saturated rings. The van der Waals surface area contributed by atoms with Crippen molar-refractivity contribution < 1.29 is 14.7 Å². The van der Waals surface area contributed by atoms with Gasteiger partial charge in [0.15, 0.2) is 5.13 Å². The van der Waals surface area contributed by atoms with Crippen molar-refractivity contribution in [2.75, 3.05) is 18.5 Å². The maximum absolute atomic E-state index is 12.3. The molecule has 180 valence electrons. The number of allylic oxidation sites excluding steroid dienone is 4. The molecule has 2 heterocycles. The highest BCUT2D eigenvalue weighted by atomic mass is 35.5. The minimum Gasteiger partial charge on any atom is -0.395 e. The van der Waals surface area contributed by atoms with Gasteiger partial charge in [0.2, 0.25) is 5.91 Å². The number of carbonyl (C=O) groups excluding carboxylic acids is 2. The van der Waals surface area contributed by atoms with Gasteiger partial charge < -0.3 is 15.7 Å². The Balaban J connectivity index is 1.64. The fraction of sp³-hybridized carbons (Fsp3) is 0.280. The van der Waals surface area contributed by atoms with Gasteiger partial charge in [-0.1, -0.05) is 41.2 Å². The van der Waals surface area contributed by atoms with E-state index in [1.54, 1.807) is 18.2 Å². The Kier molecular flexibility index (Phi) is 6.55. The van der Waals surface area contributed by atoms with Crippen molar-refractivity contribution in [2.45, 2.75) is 32.6 Å². The number of thiazole rings is 1. The number of halogens is 1. The lowest BCUT2D eigenvalue weighted by Crippen LogP contribution is -2.26. The van der Waals surface area contributed by atoms with Crippen LogP contribution in [-0.4, -0.2) is 44.8 Å². The second-order valence-corrected chi connectivity index (χ2v) is 9.75. The summed E-state index contributed by atoms with van der Waals surface area (Å²) < 4.78 is 1.83. The lowest BCUT2D eigenvalue weighted by molar-refractivity contribution is -0.114. The number of aromatic nitrogens is 3. The Bertz CT molecular complexity index is 1390. The molecule has 3 N–H and O–H groups in total. The number of hydrogen-bond donors (Lipinski definition) is 3. The molecule has 0 saturated heterocycles. The minimum absolute atomic E-state index is 0.137. The quantitative estimate of drug-likeness (QED) is 0.462. The smallest absolute Gasteiger partial charge is 0.251 e. The summed E-state index contributed by atoms with van der Waals surface area (Å²) in [5.41, 5.74) is 6.00. The molecule has 0 aliphatic heterocycles. The van der Waals surface area contributed by atoms with Crippen molar-refractivity contribution in [2.24, 2.45) is 0 Å². The van der Waals surface area contributed by atoms with Crippen LogP contribution in [0.4, 0.5) is 5.13 Å². The average Bonchev–Trinajstić information content (AvgIpc) is 3.43. The molecule has 0 atom stereocenters. The number of amides is 2. The lowest BCUT2D eigenvalue weighted by atomic mass is 9.93. The molecule has 3 aromatic rings. The number of benzene rings is 1. The Labute approximate surface area is 211 Å². The maximum Gasteiger partial charge on any atom is 0.251 e. The fourth-order valence-corrected chi connectivity index (χ4v) is 5.74. The second kappa shape index (κ2) is 9.77. The van der Waals surface area contributed by atoms with Gasteiger partial charge in [-0.05, 0) is 49.5 Å². The Hall–Kier alpha value is -3.27. The van der Waals surface area contributed by atoms with Gasteiger partial charge in [-0.15, -0.1) is 0 Å². The van der Waals surface area contributed by atoms with Gasteiger partial charge in [-0.3, -0.25) is 9.59 Å². The third-order valence-corrected chi connectivity index (χ3v) is 7.22. The van der Waals surface area contributed by atoms with Gasteiger partial charge in [-0.25, -0.2) is 9.67 Å². The summed E-state index contributed by atoms with van der Waals surface area (Å²) in [7, 11) is 0. The first-order chi connectivity index (χ1) is 17.0. The molecule has 2 aliphatic rings. The Morgan fingerprint density at radius 1 is 1.26 bits per heavy atom. The summed E-state index contributed by atoms with van der Waals surface area (Å²) in [6.07, 6.45) is 9.97. The summed E-state index contributed by atoms with van der Waals surface area (Å²) in [6, 6.07) is 5.08. The third-order valence-electron chi connectivity index (χ3n) is 5.89. The summed E-state index contributed by atoms with van der Waals surface area (Å²) >= 11 is 8.12. The SMILES string of the molecule is CC(=O)Nc1nc2c(s1)-c1c(c(C3=CCCC=C3)nn1-c1ccc(C(=O)NCCO)cc1Cl)CC2. The van der Waals surface area contributed by atoms with Gasteiger partial charge in [0, 0.05) is 24.6 Å². The zero-order valence-corrected chi connectivity index (χ0v) is 20.7. The van der Waals surface area contributed by atoms with Crippen LogP contribution in [0.1, 0.15) is 47.1 Å². The molecule has 0 saturated carbocycles. The van der Waals surface area contributed by atoms with Crippen molar-refractivity contribution in [1.29, 1.82) is 0 Å². The van der Waals surface area contributed by atoms with Gasteiger partial charge in [-0.2, -0.15) is 5.10 Å². The van der Waals surface area contributed by atoms with E-state index in [4.69, 9.17) is 21.8 Å². The van der Waals surface area contributed by atoms with Crippen LogP contribution in [0, 0.1) is 0 Å². The van der Waals surface area contributed by atoms with E-state index in [0.29, 0.717) is 21.4 Å². The summed E-state index contributed by atoms with van der Waals surface area (Å²) in [6.45, 7) is 1.50. The van der Waals surface area contributed by atoms with E-state index in [-0.39, 0.29) is 25.0 Å². The van der Waals surface area contributed by atoms with Crippen LogP contribution in [0.15, 0.2) is 36.4 Å². The highest BCUT2D eigenvalue weighted by molar-refractivity contribution is 7.19. The fourth-order valence-electron chi connectivity index (χ4n) is 4.36. The van der Waals surface area contributed by atoms with Gasteiger partial charge in [0.1, 0.15) is 0 Å². The van der Waals surface area contributed by atoms with Crippen molar-refractivity contribution in [3.05, 3.63) is 64.0 Å². The monoisotopic (exact) mass is 509 g/mol. The van der Waals surface area contributed by atoms with Crippen LogP contribution in [0.3, 0.4) is 0 Å². The number of aliphatic hydroxyl groups is 1. The van der Waals surface area contributed by atoms with E-state index >= 15 is 0 Å². The number of carbonyl (C=O) groups is 2. The molecule has 10 heteroatoms. The number of hydrogen-bond acceptors (Lipinski definition) is 6. The molecule has 0 unspecified atom stereocenters. The third kappa shape index (κ3) is 4.54. The molecular weight excluding hydrogens is 486 g/mol. The van der Waals surface area contributed by atoms with Crippen LogP contribution in [0.25, 0.3) is 21.8 Å². The first-order valence-corrected chi connectivity index (χ1v) is 12.6. The van der Waals surface area contributed by atoms with E-state index in [1.165, 1.54) is 18.3 Å². The topological polar surface area (TPSA) is 109 Å². The number of aliphatic hydroxyl groups excluding tert-OH is 1. The summed E-state index contributed by atoms with van der Waals surface area (Å²) in [5.74, 6) is -0.473. The number of nitrogens with one attached hydrogen (secondary N) is 2. The summed E-state index contributed by atoms with van der Waals surface area (Å²) in [5, 5.41) is 20.4. The van der Waals surface area contributed by atoms with Crippen LogP contribution < -0.4 is 10.6 Å². The number of nitrogens with zero attached hydrogens (tertiary/aromatic N) is 3. The first-order valence-electron chi connectivity index (χ1n) is 11.4. The molecular formula is C25H24ClN5O3S. The normalized spacial score (nSPS) is 14.2. The van der Waals surface area contributed by atoms with Crippen LogP contribution in [0.2, 0.25) is 5.02 Å². The summed E-state index contributed by atoms with van der Waals surface area (Å²) in [4.78, 5) is 29.6. The largest absolute Gasteiger partial charge is 0.395 e. The van der Waals surface area contributed by atoms with Crippen molar-refractivity contribution in [3.8, 4) is 16.3 Å². The molecule has 0 spiro atoms. The molecule has 1 aromatic carbocycles. The van der Waals surface area contributed by atoms with E-state index in [2.05, 4.69) is 33.8 Å². The Morgan fingerprint density at radius 3 is 2.83 bits per heavy atom. The second-order valence-electron chi connectivity index (χ2n) is 8.35. The number of rotatable bonds is 6. The zero-order valence-electron chi connectivity index (χ0n) is 19.1. The standard InChI is InChI=1S/C25H24ClN5O3S/c1-14(33)28-25-29-19-9-8-17-21(15-5-3-2-4-6-15)30-31(22(17)23(19)35-25)20-10-7-16(13-18(20)26)24(34)27-11-12-32/h3,5-7,10,13,32H,2,4,8-9,11-12H2,1H3,(H,27,34)(H,28,29,33). The van der Waals surface area contributed by atoms with Crippen LogP contribution in [-0.2, 0) is 17.6 Å². The predicted octanol–water partition coefficient (Wildman–Crippen LogP) is 4.16. The number of fused-ring (bicyclic) bond motifs is 3. The zero-order chi connectivity index (χ0) is 24.5. The van der Waals surface area contributed by atoms with Crippen molar-refractivity contribution in [1.82, 2.24) is 20.1 Å². The van der Waals surface area contributed by atoms with Crippen molar-refractivity contribution >= 4 is 45.5 Å². The average molecular weight is 510 g/mol. The van der Waals surface area contributed by atoms with E-state index in [1.807, 2.05) is 4.68 Å². The van der Waals surface area contributed by atoms with Gasteiger partial charge >= 0.3 is 0 Å². The molecule has 0 radical (unpaired) electrons. The van der Waals surface area contributed by atoms with E-state index < -0.39 is 0 Å². The van der Waals surface area contributed by atoms with E-state index in [9.17, 15) is 9.59 Å². The van der Waals surface area contributed by atoms with E-state index in [0.717, 1.165) is 58.8 Å². The number of aryl methyl sites for hydroxylation is 1. The predicted molar refractivity (Wildman–Crippen MR) is 137 cm³/mol. The van der Waals surface area contributed by atoms with Crippen LogP contribution in [0.5, 0.6) is 0 Å². The highest BCUT2D eigenvalue weighted by Gasteiger charge is 2.31. The van der Waals surface area contributed by atoms with Crippen LogP contribution >= 0.6 is 22.9 Å². The Morgan fingerprint density at radius 2 is 2.11 bits per heavy atom. The minimum atomic E-state index is -0.308. The van der Waals surface area contributed by atoms with Gasteiger partial charge in [0.25, 0.3) is 5.91 Å². The molecule has 8 nitrogen and oxygen atoms in total. The molecule has 2 amide bonds. The molecule has 5 rings (SSSR count). The van der Waals surface area contributed by atoms with Crippen molar-refractivity contribution in [3.63, 3.8) is 0 Å². The molecule has 35 heavy (non-hydrogen) atoms. The number of anilines is 1. The molecule has 2 aromatic heterocycles. The molecule has 2 aliphatic carbocycles.